The number of aryl methyl sites for hydroxylation is 1. The minimum absolute atomic E-state index is 0.0193. The molecule has 1 atom stereocenters. The molecule has 1 unspecified atom stereocenters. The van der Waals surface area contributed by atoms with Gasteiger partial charge < -0.3 is 5.32 Å². The fourth-order valence-corrected chi connectivity index (χ4v) is 2.37. The van der Waals surface area contributed by atoms with Crippen LogP contribution in [0.1, 0.15) is 35.3 Å². The third-order valence-electron chi connectivity index (χ3n) is 3.41. The SMILES string of the molecule is CCc1ccccc1C(=O)NC(C)Cc1ccccc1. The molecule has 20 heavy (non-hydrogen) atoms. The monoisotopic (exact) mass is 267 g/mol. The Balaban J connectivity index is 2.00. The molecule has 0 aromatic heterocycles. The molecule has 0 radical (unpaired) electrons. The molecule has 0 aliphatic heterocycles. The lowest BCUT2D eigenvalue weighted by molar-refractivity contribution is 0.0939. The number of carbonyl (C=O) groups excluding carboxylic acids is 1. The third kappa shape index (κ3) is 3.70. The van der Waals surface area contributed by atoms with Gasteiger partial charge in [0.05, 0.1) is 0 Å². The molecule has 0 saturated heterocycles. The zero-order chi connectivity index (χ0) is 14.4. The Morgan fingerprint density at radius 1 is 1.05 bits per heavy atom. The standard InChI is InChI=1S/C18H21NO/c1-3-16-11-7-8-12-17(16)18(20)19-14(2)13-15-9-5-4-6-10-15/h4-12,14H,3,13H2,1-2H3,(H,19,20). The fourth-order valence-electron chi connectivity index (χ4n) is 2.37. The smallest absolute Gasteiger partial charge is 0.251 e. The molecule has 2 heteroatoms. The number of nitrogens with one attached hydrogen (secondary N) is 1. The molecule has 104 valence electrons. The van der Waals surface area contributed by atoms with Crippen molar-refractivity contribution in [2.75, 3.05) is 0 Å². The molecule has 0 aliphatic rings. The summed E-state index contributed by atoms with van der Waals surface area (Å²) in [7, 11) is 0. The van der Waals surface area contributed by atoms with Crippen LogP contribution in [0.25, 0.3) is 0 Å². The van der Waals surface area contributed by atoms with Gasteiger partial charge in [0.25, 0.3) is 5.91 Å². The number of amides is 1. The van der Waals surface area contributed by atoms with Crippen LogP contribution >= 0.6 is 0 Å². The number of hydrogen-bond acceptors (Lipinski definition) is 1. The van der Waals surface area contributed by atoms with E-state index in [1.807, 2.05) is 49.4 Å². The van der Waals surface area contributed by atoms with Crippen molar-refractivity contribution in [1.82, 2.24) is 5.32 Å². The van der Waals surface area contributed by atoms with E-state index in [9.17, 15) is 4.79 Å². The van der Waals surface area contributed by atoms with Gasteiger partial charge in [-0.25, -0.2) is 0 Å². The average molecular weight is 267 g/mol. The lowest BCUT2D eigenvalue weighted by Crippen LogP contribution is -2.34. The van der Waals surface area contributed by atoms with Gasteiger partial charge in [-0.2, -0.15) is 0 Å². The molecule has 1 N–H and O–H groups in total. The molecule has 0 fully saturated rings. The molecule has 1 amide bonds. The van der Waals surface area contributed by atoms with Gasteiger partial charge in [0, 0.05) is 11.6 Å². The summed E-state index contributed by atoms with van der Waals surface area (Å²) in [6.45, 7) is 4.11. The van der Waals surface area contributed by atoms with Crippen LogP contribution in [0.4, 0.5) is 0 Å². The Bertz CT molecular complexity index is 563. The second-order valence-corrected chi connectivity index (χ2v) is 5.07. The highest BCUT2D eigenvalue weighted by molar-refractivity contribution is 5.95. The van der Waals surface area contributed by atoms with E-state index in [4.69, 9.17) is 0 Å². The Kier molecular flexibility index (Phi) is 4.94. The first kappa shape index (κ1) is 14.3. The highest BCUT2D eigenvalue weighted by atomic mass is 16.1. The summed E-state index contributed by atoms with van der Waals surface area (Å²) in [4.78, 5) is 12.3. The summed E-state index contributed by atoms with van der Waals surface area (Å²) in [6.07, 6.45) is 1.72. The number of hydrogen-bond donors (Lipinski definition) is 1. The van der Waals surface area contributed by atoms with Crippen molar-refractivity contribution >= 4 is 5.91 Å². The number of carbonyl (C=O) groups is 1. The van der Waals surface area contributed by atoms with Crippen molar-refractivity contribution in [3.8, 4) is 0 Å². The Labute approximate surface area is 120 Å². The van der Waals surface area contributed by atoms with Gasteiger partial charge in [-0.15, -0.1) is 0 Å². The van der Waals surface area contributed by atoms with Crippen molar-refractivity contribution in [2.45, 2.75) is 32.7 Å². The van der Waals surface area contributed by atoms with Gasteiger partial charge in [0.2, 0.25) is 0 Å². The maximum atomic E-state index is 12.3. The number of rotatable bonds is 5. The molecule has 0 saturated carbocycles. The molecule has 2 rings (SSSR count). The van der Waals surface area contributed by atoms with Gasteiger partial charge in [0.1, 0.15) is 0 Å². The van der Waals surface area contributed by atoms with Crippen LogP contribution in [0, 0.1) is 0 Å². The highest BCUT2D eigenvalue weighted by Crippen LogP contribution is 2.10. The normalized spacial score (nSPS) is 11.9. The minimum atomic E-state index is 0.0193. The summed E-state index contributed by atoms with van der Waals surface area (Å²) in [6, 6.07) is 18.1. The molecule has 2 aromatic carbocycles. The van der Waals surface area contributed by atoms with Crippen LogP contribution in [-0.2, 0) is 12.8 Å². The van der Waals surface area contributed by atoms with E-state index in [1.165, 1.54) is 5.56 Å². The van der Waals surface area contributed by atoms with Gasteiger partial charge in [-0.05, 0) is 37.0 Å². The van der Waals surface area contributed by atoms with E-state index in [-0.39, 0.29) is 11.9 Å². The number of benzene rings is 2. The van der Waals surface area contributed by atoms with Crippen molar-refractivity contribution in [3.63, 3.8) is 0 Å². The lowest BCUT2D eigenvalue weighted by Gasteiger charge is -2.15. The molecule has 0 aliphatic carbocycles. The first-order valence-corrected chi connectivity index (χ1v) is 7.13. The predicted molar refractivity (Wildman–Crippen MR) is 82.9 cm³/mol. The first-order chi connectivity index (χ1) is 9.70. The van der Waals surface area contributed by atoms with Crippen LogP contribution < -0.4 is 5.32 Å². The third-order valence-corrected chi connectivity index (χ3v) is 3.41. The van der Waals surface area contributed by atoms with Crippen LogP contribution in [0.15, 0.2) is 54.6 Å². The second kappa shape index (κ2) is 6.90. The molecule has 2 nitrogen and oxygen atoms in total. The molecular weight excluding hydrogens is 246 g/mol. The minimum Gasteiger partial charge on any atom is -0.349 e. The molecule has 0 spiro atoms. The maximum absolute atomic E-state index is 12.3. The van der Waals surface area contributed by atoms with Crippen molar-refractivity contribution in [2.24, 2.45) is 0 Å². The zero-order valence-corrected chi connectivity index (χ0v) is 12.1. The van der Waals surface area contributed by atoms with E-state index in [0.29, 0.717) is 0 Å². The van der Waals surface area contributed by atoms with Gasteiger partial charge in [-0.3, -0.25) is 4.79 Å². The van der Waals surface area contributed by atoms with E-state index in [1.54, 1.807) is 0 Å². The predicted octanol–water partition coefficient (Wildman–Crippen LogP) is 3.61. The summed E-state index contributed by atoms with van der Waals surface area (Å²) in [5.41, 5.74) is 3.12. The topological polar surface area (TPSA) is 29.1 Å². The van der Waals surface area contributed by atoms with E-state index in [2.05, 4.69) is 24.4 Å². The quantitative estimate of drug-likeness (QED) is 0.881. The second-order valence-electron chi connectivity index (χ2n) is 5.07. The zero-order valence-electron chi connectivity index (χ0n) is 12.1. The molecule has 0 bridgehead atoms. The largest absolute Gasteiger partial charge is 0.349 e. The molecule has 2 aromatic rings. The van der Waals surface area contributed by atoms with Gasteiger partial charge in [0.15, 0.2) is 0 Å². The van der Waals surface area contributed by atoms with E-state index < -0.39 is 0 Å². The summed E-state index contributed by atoms with van der Waals surface area (Å²) >= 11 is 0. The Morgan fingerprint density at radius 2 is 1.70 bits per heavy atom. The Morgan fingerprint density at radius 3 is 2.40 bits per heavy atom. The Hall–Kier alpha value is -2.09. The average Bonchev–Trinajstić information content (AvgIpc) is 2.48. The van der Waals surface area contributed by atoms with Crippen molar-refractivity contribution in [3.05, 3.63) is 71.3 Å². The van der Waals surface area contributed by atoms with Crippen LogP contribution in [0.2, 0.25) is 0 Å². The summed E-state index contributed by atoms with van der Waals surface area (Å²) in [5, 5.41) is 3.08. The van der Waals surface area contributed by atoms with Crippen LogP contribution in [0.3, 0.4) is 0 Å². The lowest BCUT2D eigenvalue weighted by atomic mass is 10.0. The fraction of sp³-hybridized carbons (Fsp3) is 0.278. The van der Waals surface area contributed by atoms with E-state index >= 15 is 0 Å². The van der Waals surface area contributed by atoms with Gasteiger partial charge in [-0.1, -0.05) is 55.5 Å². The van der Waals surface area contributed by atoms with Crippen LogP contribution in [0.5, 0.6) is 0 Å². The molecule has 0 heterocycles. The van der Waals surface area contributed by atoms with Crippen LogP contribution in [-0.4, -0.2) is 11.9 Å². The first-order valence-electron chi connectivity index (χ1n) is 7.13. The summed E-state index contributed by atoms with van der Waals surface area (Å²) in [5.74, 6) is 0.0193. The van der Waals surface area contributed by atoms with Crippen molar-refractivity contribution in [1.29, 1.82) is 0 Å². The maximum Gasteiger partial charge on any atom is 0.251 e. The van der Waals surface area contributed by atoms with E-state index in [0.717, 1.165) is 24.0 Å². The van der Waals surface area contributed by atoms with Gasteiger partial charge >= 0.3 is 0 Å². The highest BCUT2D eigenvalue weighted by Gasteiger charge is 2.12. The van der Waals surface area contributed by atoms with Crippen molar-refractivity contribution < 1.29 is 4.79 Å². The summed E-state index contributed by atoms with van der Waals surface area (Å²) < 4.78 is 0. The molecular formula is C18H21NO.